The molecule has 0 N–H and O–H groups in total. The van der Waals surface area contributed by atoms with E-state index in [2.05, 4.69) is 9.97 Å². The zero-order chi connectivity index (χ0) is 20.5. The molecule has 0 amide bonds. The molecule has 2 rings (SSSR count). The maximum atomic E-state index is 12.0. The number of carbonyl (C=O) groups is 2. The number of hydrogen-bond donors (Lipinski definition) is 0. The highest BCUT2D eigenvalue weighted by Crippen LogP contribution is 2.41. The number of rotatable bonds is 6. The maximum absolute atomic E-state index is 12.0. The molecular weight excluding hydrogens is 366 g/mol. The maximum Gasteiger partial charge on any atom is 0.513 e. The van der Waals surface area contributed by atoms with Crippen LogP contribution in [0.25, 0.3) is 11.1 Å². The lowest BCUT2D eigenvalue weighted by Gasteiger charge is -2.17. The Hall–Kier alpha value is -3.67. The van der Waals surface area contributed by atoms with Crippen molar-refractivity contribution in [3.8, 4) is 28.7 Å². The predicted octanol–water partition coefficient (Wildman–Crippen LogP) is 3.72. The second kappa shape index (κ2) is 9.87. The Balaban J connectivity index is 2.52. The summed E-state index contributed by atoms with van der Waals surface area (Å²) in [6.07, 6.45) is 1.22. The minimum Gasteiger partial charge on any atom is -0.434 e. The van der Waals surface area contributed by atoms with E-state index in [1.807, 2.05) is 6.07 Å². The van der Waals surface area contributed by atoms with E-state index in [0.29, 0.717) is 22.5 Å². The van der Waals surface area contributed by atoms with Crippen molar-refractivity contribution < 1.29 is 28.5 Å². The van der Waals surface area contributed by atoms with Gasteiger partial charge in [0.2, 0.25) is 0 Å². The largest absolute Gasteiger partial charge is 0.513 e. The van der Waals surface area contributed by atoms with Crippen LogP contribution < -0.4 is 9.47 Å². The average molecular weight is 385 g/mol. The van der Waals surface area contributed by atoms with Gasteiger partial charge in [0.15, 0.2) is 11.5 Å². The Labute approximate surface area is 161 Å². The van der Waals surface area contributed by atoms with E-state index < -0.39 is 12.3 Å². The molecule has 0 aromatic carbocycles. The van der Waals surface area contributed by atoms with E-state index in [4.69, 9.17) is 24.2 Å². The minimum atomic E-state index is -1.00. The van der Waals surface area contributed by atoms with Crippen molar-refractivity contribution in [3.63, 3.8) is 0 Å². The van der Waals surface area contributed by atoms with Crippen LogP contribution in [0.5, 0.6) is 11.5 Å². The van der Waals surface area contributed by atoms with Crippen LogP contribution in [0.4, 0.5) is 9.59 Å². The van der Waals surface area contributed by atoms with Gasteiger partial charge in [-0.3, -0.25) is 9.97 Å². The molecule has 146 valence electrons. The Kier molecular flexibility index (Phi) is 7.28. The van der Waals surface area contributed by atoms with Crippen molar-refractivity contribution in [2.75, 3.05) is 13.2 Å². The number of nitrogens with zero attached hydrogens (tertiary/aromatic N) is 3. The molecule has 0 unspecified atom stereocenters. The lowest BCUT2D eigenvalue weighted by atomic mass is 10.0. The van der Waals surface area contributed by atoms with E-state index >= 15 is 0 Å². The van der Waals surface area contributed by atoms with Gasteiger partial charge < -0.3 is 18.9 Å². The van der Waals surface area contributed by atoms with Crippen LogP contribution in [0.2, 0.25) is 0 Å². The van der Waals surface area contributed by atoms with Gasteiger partial charge in [-0.05, 0) is 26.8 Å². The number of carbonyl (C=O) groups excluding carboxylic acids is 2. The molecule has 2 aromatic rings. The van der Waals surface area contributed by atoms with Crippen LogP contribution in [0.15, 0.2) is 24.5 Å². The Morgan fingerprint density at radius 2 is 1.75 bits per heavy atom. The molecule has 2 aromatic heterocycles. The van der Waals surface area contributed by atoms with Gasteiger partial charge >= 0.3 is 12.3 Å². The Bertz CT molecular complexity index is 893. The minimum absolute atomic E-state index is 0.0346. The number of pyridine rings is 2. The Morgan fingerprint density at radius 1 is 1.11 bits per heavy atom. The topological polar surface area (TPSA) is 121 Å². The van der Waals surface area contributed by atoms with Crippen LogP contribution in [-0.2, 0) is 9.47 Å². The lowest BCUT2D eigenvalue weighted by Crippen LogP contribution is -2.16. The highest BCUT2D eigenvalue weighted by Gasteiger charge is 2.25. The molecule has 2 heterocycles. The highest BCUT2D eigenvalue weighted by atomic mass is 16.7. The smallest absolute Gasteiger partial charge is 0.434 e. The number of hydrogen-bond acceptors (Lipinski definition) is 9. The van der Waals surface area contributed by atoms with E-state index in [1.165, 1.54) is 6.20 Å². The van der Waals surface area contributed by atoms with E-state index in [0.717, 1.165) is 0 Å². The molecule has 0 saturated carbocycles. The van der Waals surface area contributed by atoms with Crippen LogP contribution in [0.1, 0.15) is 24.7 Å². The first-order valence-corrected chi connectivity index (χ1v) is 8.45. The van der Waals surface area contributed by atoms with Crippen molar-refractivity contribution in [1.82, 2.24) is 9.97 Å². The van der Waals surface area contributed by atoms with Gasteiger partial charge in [0.05, 0.1) is 36.0 Å². The predicted molar refractivity (Wildman–Crippen MR) is 96.8 cm³/mol. The molecule has 0 spiro atoms. The normalized spacial score (nSPS) is 9.93. The molecule has 9 nitrogen and oxygen atoms in total. The molecule has 28 heavy (non-hydrogen) atoms. The number of ether oxygens (including phenoxy) is 4. The van der Waals surface area contributed by atoms with E-state index in [9.17, 15) is 9.59 Å². The average Bonchev–Trinajstić information content (AvgIpc) is 2.67. The van der Waals surface area contributed by atoms with Gasteiger partial charge in [-0.1, -0.05) is 6.07 Å². The second-order valence-electron chi connectivity index (χ2n) is 5.45. The Morgan fingerprint density at radius 3 is 2.29 bits per heavy atom. The standard InChI is InChI=1S/C19H19N3O6/c1-4-25-18(23)27-16-12(2)22-13(3)17(28-19(24)26-10-6-8-20)15(16)14-7-5-9-21-11-14/h5,7,9,11H,4,6,10H2,1-3H3. The van der Waals surface area contributed by atoms with Crippen LogP contribution in [0, 0.1) is 25.2 Å². The van der Waals surface area contributed by atoms with Crippen LogP contribution in [0.3, 0.4) is 0 Å². The fourth-order valence-corrected chi connectivity index (χ4v) is 2.36. The summed E-state index contributed by atoms with van der Waals surface area (Å²) in [6.45, 7) is 4.96. The summed E-state index contributed by atoms with van der Waals surface area (Å²) in [7, 11) is 0. The third-order valence-electron chi connectivity index (χ3n) is 3.46. The molecule has 0 bridgehead atoms. The molecule has 0 aliphatic rings. The lowest BCUT2D eigenvalue weighted by molar-refractivity contribution is 0.100. The summed E-state index contributed by atoms with van der Waals surface area (Å²) in [5, 5.41) is 8.54. The van der Waals surface area contributed by atoms with Gasteiger partial charge in [0.25, 0.3) is 0 Å². The van der Waals surface area contributed by atoms with Crippen molar-refractivity contribution >= 4 is 12.3 Å². The molecule has 0 fully saturated rings. The molecule has 0 radical (unpaired) electrons. The molecule has 0 aliphatic carbocycles. The number of nitriles is 1. The molecular formula is C19H19N3O6. The van der Waals surface area contributed by atoms with E-state index in [1.54, 1.807) is 39.1 Å². The third-order valence-corrected chi connectivity index (χ3v) is 3.46. The molecule has 0 saturated heterocycles. The summed E-state index contributed by atoms with van der Waals surface area (Å²) < 4.78 is 20.3. The van der Waals surface area contributed by atoms with Gasteiger partial charge in [0.1, 0.15) is 6.61 Å². The SMILES string of the molecule is CCOC(=O)Oc1c(C)nc(C)c(OC(=O)OCCC#N)c1-c1cccnc1. The summed E-state index contributed by atoms with van der Waals surface area (Å²) in [5.41, 5.74) is 1.62. The monoisotopic (exact) mass is 385 g/mol. The first kappa shape index (κ1) is 20.6. The summed E-state index contributed by atoms with van der Waals surface area (Å²) in [4.78, 5) is 32.2. The van der Waals surface area contributed by atoms with Crippen LogP contribution >= 0.6 is 0 Å². The van der Waals surface area contributed by atoms with Crippen molar-refractivity contribution in [3.05, 3.63) is 35.9 Å². The summed E-state index contributed by atoms with van der Waals surface area (Å²) in [6, 6.07) is 5.26. The number of aromatic nitrogens is 2. The second-order valence-corrected chi connectivity index (χ2v) is 5.45. The highest BCUT2D eigenvalue weighted by molar-refractivity contribution is 5.83. The fraction of sp³-hybridized carbons (Fsp3) is 0.316. The zero-order valence-corrected chi connectivity index (χ0v) is 15.7. The van der Waals surface area contributed by atoms with E-state index in [-0.39, 0.29) is 31.1 Å². The first-order valence-electron chi connectivity index (χ1n) is 8.45. The molecule has 9 heteroatoms. The zero-order valence-electron chi connectivity index (χ0n) is 15.7. The van der Waals surface area contributed by atoms with Crippen molar-refractivity contribution in [2.24, 2.45) is 0 Å². The van der Waals surface area contributed by atoms with Crippen molar-refractivity contribution in [1.29, 1.82) is 5.26 Å². The van der Waals surface area contributed by atoms with Gasteiger partial charge in [-0.15, -0.1) is 0 Å². The first-order chi connectivity index (χ1) is 13.5. The quantitative estimate of drug-likeness (QED) is 0.541. The van der Waals surface area contributed by atoms with Crippen LogP contribution in [-0.4, -0.2) is 35.5 Å². The van der Waals surface area contributed by atoms with Gasteiger partial charge in [0, 0.05) is 18.0 Å². The van der Waals surface area contributed by atoms with Crippen molar-refractivity contribution in [2.45, 2.75) is 27.2 Å². The molecule has 0 aliphatic heterocycles. The molecule has 0 atom stereocenters. The fourth-order valence-electron chi connectivity index (χ4n) is 2.36. The third kappa shape index (κ3) is 5.17. The van der Waals surface area contributed by atoms with Gasteiger partial charge in [-0.25, -0.2) is 9.59 Å². The van der Waals surface area contributed by atoms with Gasteiger partial charge in [-0.2, -0.15) is 5.26 Å². The number of aryl methyl sites for hydroxylation is 2. The summed E-state index contributed by atoms with van der Waals surface area (Å²) >= 11 is 0. The summed E-state index contributed by atoms with van der Waals surface area (Å²) in [5.74, 6) is 0.136.